The van der Waals surface area contributed by atoms with E-state index in [4.69, 9.17) is 0 Å². The summed E-state index contributed by atoms with van der Waals surface area (Å²) in [4.78, 5) is 6.14. The first-order chi connectivity index (χ1) is 8.75. The summed E-state index contributed by atoms with van der Waals surface area (Å²) >= 11 is 0. The molecule has 94 valence electrons. The summed E-state index contributed by atoms with van der Waals surface area (Å²) in [5, 5.41) is 1.53. The number of nitrogens with zero attached hydrogens (tertiary/aromatic N) is 1. The molecule has 0 saturated carbocycles. The van der Waals surface area contributed by atoms with E-state index in [1.165, 1.54) is 42.4 Å². The van der Waals surface area contributed by atoms with E-state index in [0.29, 0.717) is 6.04 Å². The van der Waals surface area contributed by atoms with Crippen molar-refractivity contribution in [2.45, 2.75) is 38.1 Å². The van der Waals surface area contributed by atoms with Crippen molar-refractivity contribution in [2.75, 3.05) is 13.6 Å². The van der Waals surface area contributed by atoms with Crippen molar-refractivity contribution in [2.24, 2.45) is 0 Å². The van der Waals surface area contributed by atoms with Gasteiger partial charge in [0.1, 0.15) is 0 Å². The summed E-state index contributed by atoms with van der Waals surface area (Å²) < 4.78 is 0. The lowest BCUT2D eigenvalue weighted by atomic mass is 9.75. The minimum Gasteiger partial charge on any atom is -0.358 e. The second-order valence-corrected chi connectivity index (χ2v) is 6.00. The van der Waals surface area contributed by atoms with E-state index in [-0.39, 0.29) is 0 Å². The fourth-order valence-electron chi connectivity index (χ4n) is 4.14. The number of likely N-dealkylation sites (N-methyl/N-ethyl adjacent to an activating group) is 1. The molecule has 1 aliphatic carbocycles. The normalized spacial score (nSPS) is 27.4. The van der Waals surface area contributed by atoms with Gasteiger partial charge < -0.3 is 9.88 Å². The first-order valence-corrected chi connectivity index (χ1v) is 7.06. The van der Waals surface area contributed by atoms with Crippen molar-refractivity contribution >= 4 is 10.9 Å². The Kier molecular flexibility index (Phi) is 2.13. The summed E-state index contributed by atoms with van der Waals surface area (Å²) in [7, 11) is 2.30. The molecular weight excluding hydrogens is 220 g/mol. The van der Waals surface area contributed by atoms with Crippen LogP contribution < -0.4 is 0 Å². The van der Waals surface area contributed by atoms with Gasteiger partial charge in [0.25, 0.3) is 0 Å². The predicted octanol–water partition coefficient (Wildman–Crippen LogP) is 3.21. The molecule has 2 aliphatic rings. The molecule has 1 N–H and O–H groups in total. The molecular formula is C16H20N2. The lowest BCUT2D eigenvalue weighted by molar-refractivity contribution is 0.157. The topological polar surface area (TPSA) is 19.0 Å². The van der Waals surface area contributed by atoms with Crippen LogP contribution in [-0.4, -0.2) is 29.5 Å². The smallest absolute Gasteiger partial charge is 0.0461 e. The Morgan fingerprint density at radius 1 is 1.33 bits per heavy atom. The van der Waals surface area contributed by atoms with Gasteiger partial charge in [-0.1, -0.05) is 12.1 Å². The highest BCUT2D eigenvalue weighted by Crippen LogP contribution is 2.43. The molecule has 0 spiro atoms. The van der Waals surface area contributed by atoms with Crippen LogP contribution in [-0.2, 0) is 6.42 Å². The van der Waals surface area contributed by atoms with Gasteiger partial charge in [-0.05, 0) is 57.0 Å². The zero-order valence-electron chi connectivity index (χ0n) is 11.2. The molecule has 1 aliphatic heterocycles. The molecule has 2 nitrogen and oxygen atoms in total. The Hall–Kier alpha value is -1.28. The van der Waals surface area contributed by atoms with Gasteiger partial charge in [0.2, 0.25) is 0 Å². The molecule has 18 heavy (non-hydrogen) atoms. The summed E-state index contributed by atoms with van der Waals surface area (Å²) in [6, 6.07) is 7.51. The zero-order chi connectivity index (χ0) is 12.3. The molecule has 1 fully saturated rings. The van der Waals surface area contributed by atoms with Crippen molar-refractivity contribution in [1.29, 1.82) is 0 Å². The van der Waals surface area contributed by atoms with Crippen molar-refractivity contribution < 1.29 is 0 Å². The van der Waals surface area contributed by atoms with E-state index < -0.39 is 0 Å². The monoisotopic (exact) mass is 240 g/mol. The van der Waals surface area contributed by atoms with E-state index in [9.17, 15) is 0 Å². The third-order valence-corrected chi connectivity index (χ3v) is 5.04. The summed E-state index contributed by atoms with van der Waals surface area (Å²) in [5.41, 5.74) is 5.87. The highest BCUT2D eigenvalue weighted by Gasteiger charge is 2.36. The second-order valence-electron chi connectivity index (χ2n) is 6.00. The van der Waals surface area contributed by atoms with Gasteiger partial charge in [-0.15, -0.1) is 0 Å². The molecule has 1 saturated heterocycles. The Balaban J connectivity index is 1.98. The van der Waals surface area contributed by atoms with Crippen LogP contribution in [0.25, 0.3) is 10.9 Å². The number of hydrogen-bond donors (Lipinski definition) is 1. The minimum absolute atomic E-state index is 0.714. The van der Waals surface area contributed by atoms with Crippen LogP contribution >= 0.6 is 0 Å². The Bertz CT molecular complexity index is 611. The maximum atomic E-state index is 3.56. The number of H-pyrrole nitrogens is 1. The van der Waals surface area contributed by atoms with E-state index in [2.05, 4.69) is 42.1 Å². The fraction of sp³-hybridized carbons (Fsp3) is 0.500. The first kappa shape index (κ1) is 10.6. The Labute approximate surface area is 108 Å². The maximum absolute atomic E-state index is 3.56. The van der Waals surface area contributed by atoms with E-state index >= 15 is 0 Å². The number of piperidine rings is 1. The lowest BCUT2D eigenvalue weighted by Gasteiger charge is -2.42. The number of aromatic nitrogens is 1. The first-order valence-electron chi connectivity index (χ1n) is 7.06. The van der Waals surface area contributed by atoms with Crippen LogP contribution in [0.5, 0.6) is 0 Å². The number of nitrogens with one attached hydrogen (secondary N) is 1. The SMILES string of the molecule is Cc1[nH]c2cccc3c2c1C[C@@H]1[C@@H]3CCCN1C. The molecule has 4 rings (SSSR count). The van der Waals surface area contributed by atoms with Gasteiger partial charge >= 0.3 is 0 Å². The minimum atomic E-state index is 0.714. The number of aromatic amines is 1. The second kappa shape index (κ2) is 3.61. The summed E-state index contributed by atoms with van der Waals surface area (Å²) in [6.45, 7) is 3.48. The van der Waals surface area contributed by atoms with E-state index in [0.717, 1.165) is 5.92 Å². The zero-order valence-corrected chi connectivity index (χ0v) is 11.2. The Morgan fingerprint density at radius 3 is 3.11 bits per heavy atom. The molecule has 0 radical (unpaired) electrons. The van der Waals surface area contributed by atoms with Gasteiger partial charge in [0, 0.05) is 28.6 Å². The van der Waals surface area contributed by atoms with Gasteiger partial charge in [-0.3, -0.25) is 0 Å². The molecule has 1 aromatic heterocycles. The summed E-state index contributed by atoms with van der Waals surface area (Å²) in [5.74, 6) is 0.746. The molecule has 2 heterocycles. The fourth-order valence-corrected chi connectivity index (χ4v) is 4.14. The molecule has 0 unspecified atom stereocenters. The van der Waals surface area contributed by atoms with Gasteiger partial charge in [0.15, 0.2) is 0 Å². The number of benzene rings is 1. The molecule has 0 amide bonds. The molecule has 2 atom stereocenters. The van der Waals surface area contributed by atoms with Crippen LogP contribution in [0.2, 0.25) is 0 Å². The van der Waals surface area contributed by atoms with Gasteiger partial charge in [0.05, 0.1) is 0 Å². The number of aryl methyl sites for hydroxylation is 1. The maximum Gasteiger partial charge on any atom is 0.0461 e. The van der Waals surface area contributed by atoms with Crippen LogP contribution in [0.4, 0.5) is 0 Å². The van der Waals surface area contributed by atoms with E-state index in [1.54, 1.807) is 11.1 Å². The van der Waals surface area contributed by atoms with Crippen molar-refractivity contribution in [3.05, 3.63) is 35.0 Å². The van der Waals surface area contributed by atoms with E-state index in [1.807, 2.05) is 0 Å². The standard InChI is InChI=1S/C16H20N2/c1-10-13-9-15-11(6-4-8-18(15)2)12-5-3-7-14(17-10)16(12)13/h3,5,7,11,15,17H,4,6,8-9H2,1-2H3/t11-,15-/m1/s1. The predicted molar refractivity (Wildman–Crippen MR) is 75.1 cm³/mol. The van der Waals surface area contributed by atoms with Crippen molar-refractivity contribution in [3.63, 3.8) is 0 Å². The van der Waals surface area contributed by atoms with Crippen molar-refractivity contribution in [1.82, 2.24) is 9.88 Å². The molecule has 2 heteroatoms. The average molecular weight is 240 g/mol. The molecule has 1 aromatic carbocycles. The third-order valence-electron chi connectivity index (χ3n) is 5.04. The third kappa shape index (κ3) is 1.27. The number of fused-ring (bicyclic) bond motifs is 2. The van der Waals surface area contributed by atoms with Crippen LogP contribution in [0.1, 0.15) is 35.6 Å². The average Bonchev–Trinajstić information content (AvgIpc) is 2.69. The molecule has 2 aromatic rings. The van der Waals surface area contributed by atoms with Gasteiger partial charge in [-0.25, -0.2) is 0 Å². The molecule has 0 bridgehead atoms. The van der Waals surface area contributed by atoms with Crippen LogP contribution in [0, 0.1) is 6.92 Å². The van der Waals surface area contributed by atoms with Crippen LogP contribution in [0.3, 0.4) is 0 Å². The van der Waals surface area contributed by atoms with Gasteiger partial charge in [-0.2, -0.15) is 0 Å². The number of likely N-dealkylation sites (tertiary alicyclic amines) is 1. The number of rotatable bonds is 0. The number of hydrogen-bond acceptors (Lipinski definition) is 1. The summed E-state index contributed by atoms with van der Waals surface area (Å²) in [6.07, 6.45) is 3.93. The largest absolute Gasteiger partial charge is 0.358 e. The van der Waals surface area contributed by atoms with Crippen molar-refractivity contribution in [3.8, 4) is 0 Å². The Morgan fingerprint density at radius 2 is 2.22 bits per heavy atom. The van der Waals surface area contributed by atoms with Crippen LogP contribution in [0.15, 0.2) is 18.2 Å². The quantitative estimate of drug-likeness (QED) is 0.749. The lowest BCUT2D eigenvalue weighted by Crippen LogP contribution is -2.44. The highest BCUT2D eigenvalue weighted by atomic mass is 15.1. The highest BCUT2D eigenvalue weighted by molar-refractivity contribution is 5.89.